The Bertz CT molecular complexity index is 658. The van der Waals surface area contributed by atoms with Crippen LogP contribution in [0.4, 0.5) is 0 Å². The first-order chi connectivity index (χ1) is 14.2. The molecule has 29 heavy (non-hydrogen) atoms. The molecule has 3 nitrogen and oxygen atoms in total. The normalized spacial score (nSPS) is 12.1. The minimum absolute atomic E-state index is 0.799. The van der Waals surface area contributed by atoms with E-state index in [0.717, 1.165) is 46.7 Å². The number of ether oxygens (including phenoxy) is 1. The van der Waals surface area contributed by atoms with Gasteiger partial charge in [0, 0.05) is 23.7 Å². The van der Waals surface area contributed by atoms with Crippen molar-refractivity contribution < 1.29 is 4.74 Å². The van der Waals surface area contributed by atoms with Crippen LogP contribution < -0.4 is 4.74 Å². The molecule has 160 valence electrons. The quantitative estimate of drug-likeness (QED) is 0.169. The predicted molar refractivity (Wildman–Crippen MR) is 126 cm³/mol. The second kappa shape index (κ2) is 14.4. The molecule has 0 aliphatic carbocycles. The summed E-state index contributed by atoms with van der Waals surface area (Å²) < 4.78 is 5.89. The van der Waals surface area contributed by atoms with Crippen molar-refractivity contribution in [1.82, 2.24) is 9.97 Å². The number of rotatable bonds is 15. The molecule has 1 heterocycles. The van der Waals surface area contributed by atoms with E-state index in [-0.39, 0.29) is 0 Å². The Morgan fingerprint density at radius 1 is 0.862 bits per heavy atom. The van der Waals surface area contributed by atoms with E-state index in [0.29, 0.717) is 0 Å². The minimum atomic E-state index is 0.799. The predicted octanol–water partition coefficient (Wildman–Crippen LogP) is 7.80. The zero-order valence-electron chi connectivity index (χ0n) is 18.5. The van der Waals surface area contributed by atoms with Gasteiger partial charge in [-0.2, -0.15) is 0 Å². The molecule has 0 saturated heterocycles. The molecule has 2 aromatic rings. The Balaban J connectivity index is 1.69. The van der Waals surface area contributed by atoms with Gasteiger partial charge in [-0.3, -0.25) is 0 Å². The van der Waals surface area contributed by atoms with E-state index < -0.39 is 0 Å². The molecule has 1 unspecified atom stereocenters. The summed E-state index contributed by atoms with van der Waals surface area (Å²) in [7, 11) is 0. The van der Waals surface area contributed by atoms with Gasteiger partial charge in [-0.25, -0.2) is 9.97 Å². The highest BCUT2D eigenvalue weighted by Gasteiger charge is 2.03. The van der Waals surface area contributed by atoms with Gasteiger partial charge in [0.05, 0.1) is 6.61 Å². The lowest BCUT2D eigenvalue weighted by atomic mass is 10.0. The molecule has 1 aromatic heterocycles. The Labute approximate surface area is 182 Å². The van der Waals surface area contributed by atoms with Crippen molar-refractivity contribution in [1.29, 1.82) is 0 Å². The van der Waals surface area contributed by atoms with Gasteiger partial charge in [0.25, 0.3) is 0 Å². The van der Waals surface area contributed by atoms with Gasteiger partial charge in [-0.05, 0) is 36.5 Å². The lowest BCUT2D eigenvalue weighted by Crippen LogP contribution is -1.98. The van der Waals surface area contributed by atoms with E-state index in [1.54, 1.807) is 11.8 Å². The number of thioether (sulfide) groups is 1. The van der Waals surface area contributed by atoms with Crippen LogP contribution in [0, 0.1) is 5.92 Å². The molecular weight excluding hydrogens is 376 g/mol. The molecule has 0 radical (unpaired) electrons. The van der Waals surface area contributed by atoms with Gasteiger partial charge in [0.1, 0.15) is 5.75 Å². The first-order valence-corrected chi connectivity index (χ1v) is 12.4. The van der Waals surface area contributed by atoms with Gasteiger partial charge < -0.3 is 4.74 Å². The summed E-state index contributed by atoms with van der Waals surface area (Å²) in [5.74, 6) is 2.89. The summed E-state index contributed by atoms with van der Waals surface area (Å²) in [6, 6.07) is 8.28. The molecule has 1 aromatic carbocycles. The van der Waals surface area contributed by atoms with Crippen LogP contribution in [-0.2, 0) is 0 Å². The summed E-state index contributed by atoms with van der Waals surface area (Å²) in [6.07, 6.45) is 15.3. The summed E-state index contributed by atoms with van der Waals surface area (Å²) >= 11 is 1.75. The topological polar surface area (TPSA) is 35.0 Å². The molecule has 1 atom stereocenters. The van der Waals surface area contributed by atoms with E-state index in [1.807, 2.05) is 24.5 Å². The van der Waals surface area contributed by atoms with Gasteiger partial charge in [0.2, 0.25) is 0 Å². The largest absolute Gasteiger partial charge is 0.494 e. The van der Waals surface area contributed by atoms with Gasteiger partial charge in [-0.15, -0.1) is 0 Å². The van der Waals surface area contributed by atoms with Gasteiger partial charge >= 0.3 is 0 Å². The second-order valence-electron chi connectivity index (χ2n) is 7.90. The highest BCUT2D eigenvalue weighted by molar-refractivity contribution is 7.99. The summed E-state index contributed by atoms with van der Waals surface area (Å²) in [6.45, 7) is 7.65. The molecule has 0 N–H and O–H groups in total. The van der Waals surface area contributed by atoms with E-state index in [9.17, 15) is 0 Å². The van der Waals surface area contributed by atoms with E-state index in [4.69, 9.17) is 4.74 Å². The van der Waals surface area contributed by atoms with Crippen LogP contribution in [0.1, 0.15) is 78.6 Å². The zero-order chi connectivity index (χ0) is 20.7. The SMILES string of the molecule is CCCCCCSc1ncc(-c2ccc(OCCCCCC(C)CC)cc2)cn1. The lowest BCUT2D eigenvalue weighted by Gasteiger charge is -2.09. The zero-order valence-corrected chi connectivity index (χ0v) is 19.3. The van der Waals surface area contributed by atoms with Crippen LogP contribution in [0.5, 0.6) is 5.75 Å². The van der Waals surface area contributed by atoms with E-state index in [1.165, 1.54) is 51.4 Å². The van der Waals surface area contributed by atoms with Crippen molar-refractivity contribution >= 4 is 11.8 Å². The number of hydrogen-bond donors (Lipinski definition) is 0. The monoisotopic (exact) mass is 414 g/mol. The maximum Gasteiger partial charge on any atom is 0.187 e. The third-order valence-electron chi connectivity index (χ3n) is 5.35. The maximum atomic E-state index is 5.89. The number of hydrogen-bond acceptors (Lipinski definition) is 4. The molecule has 2 rings (SSSR count). The first kappa shape index (κ1) is 23.7. The molecule has 0 aliphatic rings. The molecule has 0 fully saturated rings. The van der Waals surface area contributed by atoms with Crippen LogP contribution in [0.15, 0.2) is 41.8 Å². The molecule has 0 spiro atoms. The first-order valence-electron chi connectivity index (χ1n) is 11.4. The number of unbranched alkanes of at least 4 members (excludes halogenated alkanes) is 5. The summed E-state index contributed by atoms with van der Waals surface area (Å²) in [5, 5.41) is 0.874. The molecular formula is C25H38N2OS. The minimum Gasteiger partial charge on any atom is -0.494 e. The van der Waals surface area contributed by atoms with Crippen LogP contribution >= 0.6 is 11.8 Å². The molecule has 0 aliphatic heterocycles. The van der Waals surface area contributed by atoms with Crippen molar-refractivity contribution in [3.63, 3.8) is 0 Å². The van der Waals surface area contributed by atoms with E-state index >= 15 is 0 Å². The fourth-order valence-corrected chi connectivity index (χ4v) is 3.93. The third-order valence-corrected chi connectivity index (χ3v) is 6.31. The molecule has 4 heteroatoms. The van der Waals surface area contributed by atoms with Gasteiger partial charge in [-0.1, -0.05) is 89.6 Å². The van der Waals surface area contributed by atoms with Crippen molar-refractivity contribution in [3.8, 4) is 16.9 Å². The number of benzene rings is 1. The lowest BCUT2D eigenvalue weighted by molar-refractivity contribution is 0.302. The Morgan fingerprint density at radius 2 is 1.59 bits per heavy atom. The second-order valence-corrected chi connectivity index (χ2v) is 8.96. The van der Waals surface area contributed by atoms with Crippen molar-refractivity contribution in [2.75, 3.05) is 12.4 Å². The van der Waals surface area contributed by atoms with Crippen LogP contribution in [0.3, 0.4) is 0 Å². The van der Waals surface area contributed by atoms with Crippen molar-refractivity contribution in [2.45, 2.75) is 83.7 Å². The Hall–Kier alpha value is -1.55. The number of aromatic nitrogens is 2. The molecule has 0 amide bonds. The summed E-state index contributed by atoms with van der Waals surface area (Å²) in [4.78, 5) is 9.02. The standard InChI is InChI=1S/C25H38N2OS/c1-4-6-7-11-18-29-25-26-19-23(20-27-25)22-13-15-24(16-14-22)28-17-10-8-9-12-21(3)5-2/h13-16,19-21H,4-12,17-18H2,1-3H3. The van der Waals surface area contributed by atoms with Crippen LogP contribution in [0.2, 0.25) is 0 Å². The number of nitrogens with zero attached hydrogens (tertiary/aromatic N) is 2. The van der Waals surface area contributed by atoms with Crippen molar-refractivity contribution in [3.05, 3.63) is 36.7 Å². The van der Waals surface area contributed by atoms with Crippen LogP contribution in [0.25, 0.3) is 11.1 Å². The summed E-state index contributed by atoms with van der Waals surface area (Å²) in [5.41, 5.74) is 2.18. The maximum absolute atomic E-state index is 5.89. The fraction of sp³-hybridized carbons (Fsp3) is 0.600. The highest BCUT2D eigenvalue weighted by atomic mass is 32.2. The van der Waals surface area contributed by atoms with Crippen molar-refractivity contribution in [2.24, 2.45) is 5.92 Å². The Morgan fingerprint density at radius 3 is 2.28 bits per heavy atom. The Kier molecular flexibility index (Phi) is 11.8. The fourth-order valence-electron chi connectivity index (χ4n) is 3.14. The third kappa shape index (κ3) is 9.66. The van der Waals surface area contributed by atoms with E-state index in [2.05, 4.69) is 42.9 Å². The molecule has 0 saturated carbocycles. The van der Waals surface area contributed by atoms with Gasteiger partial charge in [0.15, 0.2) is 5.16 Å². The average molecular weight is 415 g/mol. The smallest absolute Gasteiger partial charge is 0.187 e. The highest BCUT2D eigenvalue weighted by Crippen LogP contribution is 2.23. The van der Waals surface area contributed by atoms with Crippen LogP contribution in [-0.4, -0.2) is 22.3 Å². The molecule has 0 bridgehead atoms. The average Bonchev–Trinajstić information content (AvgIpc) is 2.76.